The number of nitrogens with zero attached hydrogens (tertiary/aromatic N) is 1. The second kappa shape index (κ2) is 7.91. The van der Waals surface area contributed by atoms with Crippen molar-refractivity contribution in [2.24, 2.45) is 5.92 Å². The van der Waals surface area contributed by atoms with Crippen molar-refractivity contribution in [1.82, 2.24) is 4.98 Å². The zero-order valence-corrected chi connectivity index (χ0v) is 14.5. The van der Waals surface area contributed by atoms with Gasteiger partial charge in [0.2, 0.25) is 0 Å². The molecule has 1 aliphatic carbocycles. The van der Waals surface area contributed by atoms with Crippen LogP contribution in [0.15, 0.2) is 6.07 Å². The number of hydrogen-bond donors (Lipinski definition) is 3. The maximum absolute atomic E-state index is 6.05. The van der Waals surface area contributed by atoms with Crippen LogP contribution >= 0.6 is 22.6 Å². The van der Waals surface area contributed by atoms with Gasteiger partial charge in [-0.1, -0.05) is 38.5 Å². The molecule has 0 saturated heterocycles. The molecule has 0 aromatic carbocycles. The number of aromatic nitrogens is 1. The van der Waals surface area contributed by atoms with Crippen molar-refractivity contribution in [1.29, 1.82) is 0 Å². The molecular formula is C15H25IN4O. The van der Waals surface area contributed by atoms with E-state index in [9.17, 15) is 0 Å². The minimum absolute atomic E-state index is 0.0872. The van der Waals surface area contributed by atoms with Gasteiger partial charge in [-0.05, 0) is 35.4 Å². The first-order valence-electron chi connectivity index (χ1n) is 7.70. The van der Waals surface area contributed by atoms with Crippen molar-refractivity contribution in [2.45, 2.75) is 55.5 Å². The standard InChI is InChI=1S/C15H25IN4O/c16-14(10-7-5-3-1-2-4-6-8-10)21-11-9-12(17)20-15(19)13(11)18/h9-10,14H,1-8,18H2,(H4,17,19,20). The molecule has 1 aromatic rings. The summed E-state index contributed by atoms with van der Waals surface area (Å²) in [7, 11) is 0. The number of halogens is 1. The molecular weight excluding hydrogens is 379 g/mol. The maximum atomic E-state index is 6.05. The van der Waals surface area contributed by atoms with E-state index >= 15 is 0 Å². The lowest BCUT2D eigenvalue weighted by Crippen LogP contribution is -2.21. The number of alkyl halides is 1. The van der Waals surface area contributed by atoms with Crippen molar-refractivity contribution < 1.29 is 4.74 Å². The molecule has 0 aliphatic heterocycles. The summed E-state index contributed by atoms with van der Waals surface area (Å²) in [6.07, 6.45) is 10.4. The summed E-state index contributed by atoms with van der Waals surface area (Å²) in [6, 6.07) is 1.66. The van der Waals surface area contributed by atoms with Gasteiger partial charge in [-0.15, -0.1) is 0 Å². The zero-order valence-electron chi connectivity index (χ0n) is 12.4. The van der Waals surface area contributed by atoms with Crippen molar-refractivity contribution in [3.8, 4) is 5.75 Å². The molecule has 1 fully saturated rings. The van der Waals surface area contributed by atoms with E-state index in [4.69, 9.17) is 21.9 Å². The predicted octanol–water partition coefficient (Wildman–Crippen LogP) is 3.72. The Morgan fingerprint density at radius 1 is 1.05 bits per heavy atom. The molecule has 6 N–H and O–H groups in total. The van der Waals surface area contributed by atoms with Gasteiger partial charge in [-0.3, -0.25) is 0 Å². The molecule has 0 amide bonds. The molecule has 0 spiro atoms. The van der Waals surface area contributed by atoms with Crippen molar-refractivity contribution in [3.63, 3.8) is 0 Å². The van der Waals surface area contributed by atoms with Crippen molar-refractivity contribution >= 4 is 39.9 Å². The third-order valence-corrected chi connectivity index (χ3v) is 5.35. The Bertz CT molecular complexity index is 459. The zero-order chi connectivity index (χ0) is 15.2. The third kappa shape index (κ3) is 4.79. The Kier molecular flexibility index (Phi) is 6.20. The molecule has 6 heteroatoms. The van der Waals surface area contributed by atoms with Crippen molar-refractivity contribution in [3.05, 3.63) is 6.07 Å². The summed E-state index contributed by atoms with van der Waals surface area (Å²) in [4.78, 5) is 3.94. The Labute approximate surface area is 140 Å². The second-order valence-corrected chi connectivity index (χ2v) is 7.00. The number of nitrogens with two attached hydrogens (primary N) is 3. The molecule has 1 heterocycles. The number of pyridine rings is 1. The molecule has 0 bridgehead atoms. The number of rotatable bonds is 3. The van der Waals surface area contributed by atoms with Crippen LogP contribution in [0.2, 0.25) is 0 Å². The lowest BCUT2D eigenvalue weighted by Gasteiger charge is -2.24. The lowest BCUT2D eigenvalue weighted by molar-refractivity contribution is 0.211. The fraction of sp³-hybridized carbons (Fsp3) is 0.667. The SMILES string of the molecule is Nc1cc(OC(I)C2CCCCCCCC2)c(N)c(N)n1. The van der Waals surface area contributed by atoms with Crippen LogP contribution < -0.4 is 21.9 Å². The largest absolute Gasteiger partial charge is 0.477 e. The lowest BCUT2D eigenvalue weighted by atomic mass is 9.98. The molecule has 1 unspecified atom stereocenters. The van der Waals surface area contributed by atoms with Crippen molar-refractivity contribution in [2.75, 3.05) is 17.2 Å². The molecule has 21 heavy (non-hydrogen) atoms. The first-order chi connectivity index (χ1) is 10.1. The highest BCUT2D eigenvalue weighted by Gasteiger charge is 2.22. The Balaban J connectivity index is 2.03. The van der Waals surface area contributed by atoms with Gasteiger partial charge in [0.25, 0.3) is 0 Å². The van der Waals surface area contributed by atoms with Gasteiger partial charge >= 0.3 is 0 Å². The molecule has 2 rings (SSSR count). The average Bonchev–Trinajstić information content (AvgIpc) is 2.57. The Hall–Kier alpha value is -0.920. The van der Waals surface area contributed by atoms with E-state index < -0.39 is 0 Å². The highest BCUT2D eigenvalue weighted by Crippen LogP contribution is 2.34. The predicted molar refractivity (Wildman–Crippen MR) is 96.3 cm³/mol. The fourth-order valence-electron chi connectivity index (χ4n) is 2.81. The van der Waals surface area contributed by atoms with E-state index in [0.29, 0.717) is 23.2 Å². The van der Waals surface area contributed by atoms with Gasteiger partial charge in [0, 0.05) is 12.0 Å². The first kappa shape index (κ1) is 16.5. The highest BCUT2D eigenvalue weighted by molar-refractivity contribution is 14.1. The van der Waals surface area contributed by atoms with Crippen LogP contribution in [0.3, 0.4) is 0 Å². The number of ether oxygens (including phenoxy) is 1. The maximum Gasteiger partial charge on any atom is 0.152 e. The summed E-state index contributed by atoms with van der Waals surface area (Å²) in [5.41, 5.74) is 17.8. The quantitative estimate of drug-likeness (QED) is 0.527. The van der Waals surface area contributed by atoms with Gasteiger partial charge in [0.05, 0.1) is 0 Å². The molecule has 5 nitrogen and oxygen atoms in total. The van der Waals surface area contributed by atoms with Crippen LogP contribution in [-0.2, 0) is 0 Å². The number of anilines is 3. The second-order valence-electron chi connectivity index (χ2n) is 5.77. The van der Waals surface area contributed by atoms with E-state index in [2.05, 4.69) is 27.6 Å². The van der Waals surface area contributed by atoms with E-state index in [-0.39, 0.29) is 9.93 Å². The first-order valence-corrected chi connectivity index (χ1v) is 8.94. The minimum Gasteiger partial charge on any atom is -0.477 e. The monoisotopic (exact) mass is 404 g/mol. The molecule has 1 atom stereocenters. The normalized spacial score (nSPS) is 19.3. The summed E-state index contributed by atoms with van der Waals surface area (Å²) < 4.78 is 6.13. The van der Waals surface area contributed by atoms with Crippen LogP contribution in [0.5, 0.6) is 5.75 Å². The molecule has 1 aliphatic rings. The number of nitrogen functional groups attached to an aromatic ring is 3. The molecule has 1 saturated carbocycles. The highest BCUT2D eigenvalue weighted by atomic mass is 127. The summed E-state index contributed by atoms with van der Waals surface area (Å²) in [6.45, 7) is 0. The average molecular weight is 404 g/mol. The summed E-state index contributed by atoms with van der Waals surface area (Å²) in [5, 5.41) is 0. The summed E-state index contributed by atoms with van der Waals surface area (Å²) >= 11 is 2.37. The molecule has 118 valence electrons. The van der Waals surface area contributed by atoms with Crippen LogP contribution in [0.25, 0.3) is 0 Å². The number of hydrogen-bond acceptors (Lipinski definition) is 5. The third-order valence-electron chi connectivity index (χ3n) is 4.08. The van der Waals surface area contributed by atoms with Crippen LogP contribution in [-0.4, -0.2) is 9.09 Å². The van der Waals surface area contributed by atoms with Crippen LogP contribution in [0.1, 0.15) is 51.4 Å². The molecule has 1 aromatic heterocycles. The van der Waals surface area contributed by atoms with E-state index in [1.165, 1.54) is 51.4 Å². The van der Waals surface area contributed by atoms with Crippen LogP contribution in [0, 0.1) is 5.92 Å². The van der Waals surface area contributed by atoms with E-state index in [1.807, 2.05) is 0 Å². The topological polar surface area (TPSA) is 100 Å². The Morgan fingerprint density at radius 2 is 1.62 bits per heavy atom. The van der Waals surface area contributed by atoms with E-state index in [1.54, 1.807) is 6.07 Å². The smallest absolute Gasteiger partial charge is 0.152 e. The van der Waals surface area contributed by atoms with E-state index in [0.717, 1.165) is 0 Å². The fourth-order valence-corrected chi connectivity index (χ4v) is 3.80. The van der Waals surface area contributed by atoms with Gasteiger partial charge in [0.15, 0.2) is 15.7 Å². The molecule has 0 radical (unpaired) electrons. The van der Waals surface area contributed by atoms with Gasteiger partial charge in [-0.25, -0.2) is 4.98 Å². The Morgan fingerprint density at radius 3 is 2.24 bits per heavy atom. The van der Waals surface area contributed by atoms with Gasteiger partial charge < -0.3 is 21.9 Å². The van der Waals surface area contributed by atoms with Gasteiger partial charge in [-0.2, -0.15) is 0 Å². The minimum atomic E-state index is 0.0872. The van der Waals surface area contributed by atoms with Crippen LogP contribution in [0.4, 0.5) is 17.3 Å². The summed E-state index contributed by atoms with van der Waals surface area (Å²) in [5.74, 6) is 1.69. The van der Waals surface area contributed by atoms with Gasteiger partial charge in [0.1, 0.15) is 11.5 Å².